The van der Waals surface area contributed by atoms with Crippen LogP contribution in [0.4, 0.5) is 4.39 Å². The molecule has 2 aromatic rings. The Hall–Kier alpha value is -1.92. The van der Waals surface area contributed by atoms with E-state index in [-0.39, 0.29) is 19.4 Å². The Balaban J connectivity index is 2.35. The summed E-state index contributed by atoms with van der Waals surface area (Å²) in [7, 11) is 3.19. The summed E-state index contributed by atoms with van der Waals surface area (Å²) < 4.78 is 32.1. The molecule has 1 unspecified atom stereocenters. The molecule has 0 radical (unpaired) electrons. The van der Waals surface area contributed by atoms with Gasteiger partial charge in [-0.2, -0.15) is 0 Å². The lowest BCUT2D eigenvalue weighted by molar-refractivity contribution is 0.328. The summed E-state index contributed by atoms with van der Waals surface area (Å²) in [5, 5.41) is 0. The topological polar surface area (TPSA) is 61.8 Å². The molecule has 0 amide bonds. The third-order valence-corrected chi connectivity index (χ3v) is 3.19. The molecule has 0 bridgehead atoms. The summed E-state index contributed by atoms with van der Waals surface area (Å²) in [6.45, 7) is 1.20. The lowest BCUT2D eigenvalue weighted by atomic mass is 10.2. The SMILES string of the molecule is [2H]C([2H])(CCCn1c(=O)c2c(ncn2C)n(C)c1=O)C(C)F. The van der Waals surface area contributed by atoms with Gasteiger partial charge in [0.2, 0.25) is 0 Å². The molecule has 0 saturated carbocycles. The Morgan fingerprint density at radius 1 is 1.40 bits per heavy atom. The van der Waals surface area contributed by atoms with Crippen LogP contribution in [0.2, 0.25) is 0 Å². The lowest BCUT2D eigenvalue weighted by Gasteiger charge is -2.08. The first-order valence-corrected chi connectivity index (χ1v) is 6.41. The fraction of sp³-hybridized carbons (Fsp3) is 0.615. The molecule has 1 atom stereocenters. The van der Waals surface area contributed by atoms with Crippen molar-refractivity contribution in [3.63, 3.8) is 0 Å². The average molecular weight is 284 g/mol. The van der Waals surface area contributed by atoms with Gasteiger partial charge < -0.3 is 4.57 Å². The highest BCUT2D eigenvalue weighted by Crippen LogP contribution is 2.06. The van der Waals surface area contributed by atoms with E-state index in [0.29, 0.717) is 11.2 Å². The van der Waals surface area contributed by atoms with Gasteiger partial charge in [0.05, 0.1) is 12.5 Å². The zero-order chi connectivity index (χ0) is 16.7. The van der Waals surface area contributed by atoms with Gasteiger partial charge in [-0.3, -0.25) is 13.9 Å². The number of hydrogen-bond acceptors (Lipinski definition) is 3. The maximum atomic E-state index is 13.1. The fourth-order valence-corrected chi connectivity index (χ4v) is 2.13. The number of fused-ring (bicyclic) bond motifs is 1. The second-order valence-corrected chi connectivity index (χ2v) is 4.75. The molecule has 0 aliphatic carbocycles. The number of aryl methyl sites for hydroxylation is 2. The summed E-state index contributed by atoms with van der Waals surface area (Å²) in [5.41, 5.74) is -0.359. The molecule has 6 nitrogen and oxygen atoms in total. The van der Waals surface area contributed by atoms with E-state index in [9.17, 15) is 14.0 Å². The molecular formula is C13H19FN4O2. The molecule has 7 heteroatoms. The second-order valence-electron chi connectivity index (χ2n) is 4.75. The Morgan fingerprint density at radius 2 is 2.10 bits per heavy atom. The van der Waals surface area contributed by atoms with E-state index >= 15 is 0 Å². The van der Waals surface area contributed by atoms with E-state index < -0.39 is 23.8 Å². The first-order valence-electron chi connectivity index (χ1n) is 7.41. The van der Waals surface area contributed by atoms with Crippen molar-refractivity contribution < 1.29 is 7.13 Å². The number of rotatable bonds is 5. The van der Waals surface area contributed by atoms with Crippen LogP contribution in [-0.4, -0.2) is 24.9 Å². The minimum Gasteiger partial charge on any atom is -0.328 e. The molecular weight excluding hydrogens is 263 g/mol. The third-order valence-electron chi connectivity index (χ3n) is 3.19. The minimum atomic E-state index is -1.97. The number of imidazole rings is 1. The van der Waals surface area contributed by atoms with Crippen LogP contribution >= 0.6 is 0 Å². The van der Waals surface area contributed by atoms with Crippen molar-refractivity contribution in [3.05, 3.63) is 27.2 Å². The molecule has 0 spiro atoms. The van der Waals surface area contributed by atoms with Gasteiger partial charge in [0.15, 0.2) is 11.2 Å². The molecule has 110 valence electrons. The summed E-state index contributed by atoms with van der Waals surface area (Å²) in [6, 6.07) is 0. The van der Waals surface area contributed by atoms with Gasteiger partial charge in [0, 0.05) is 23.4 Å². The average Bonchev–Trinajstić information content (AvgIpc) is 2.82. The standard InChI is InChI=1S/C13H19FN4O2/c1-9(14)6-4-5-7-18-12(19)10-11(15-8-16(10)2)17(3)13(18)20/h8-9H,4-7H2,1-3H3/i6D2. The van der Waals surface area contributed by atoms with E-state index in [0.717, 1.165) is 11.5 Å². The summed E-state index contributed by atoms with van der Waals surface area (Å²) in [6.07, 6.45) is -1.99. The molecule has 0 N–H and O–H groups in total. The van der Waals surface area contributed by atoms with Crippen LogP contribution in [0.15, 0.2) is 15.9 Å². The van der Waals surface area contributed by atoms with E-state index in [1.165, 1.54) is 22.5 Å². The molecule has 0 aliphatic rings. The predicted octanol–water partition coefficient (Wildman–Crippen LogP) is 0.962. The predicted molar refractivity (Wildman–Crippen MR) is 74.6 cm³/mol. The van der Waals surface area contributed by atoms with Gasteiger partial charge >= 0.3 is 5.69 Å². The minimum absolute atomic E-state index is 0.0405. The number of hydrogen-bond donors (Lipinski definition) is 0. The van der Waals surface area contributed by atoms with Crippen LogP contribution in [0, 0.1) is 0 Å². The zero-order valence-electron chi connectivity index (χ0n) is 13.8. The van der Waals surface area contributed by atoms with Crippen molar-refractivity contribution in [2.45, 2.75) is 38.9 Å². The maximum Gasteiger partial charge on any atom is 0.332 e. The first kappa shape index (κ1) is 11.9. The second kappa shape index (κ2) is 5.60. The first-order chi connectivity index (χ1) is 10.2. The molecule has 20 heavy (non-hydrogen) atoms. The van der Waals surface area contributed by atoms with Gasteiger partial charge in [-0.25, -0.2) is 14.2 Å². The van der Waals surface area contributed by atoms with Crippen molar-refractivity contribution in [2.24, 2.45) is 14.1 Å². The van der Waals surface area contributed by atoms with Crippen molar-refractivity contribution in [3.8, 4) is 0 Å². The van der Waals surface area contributed by atoms with Crippen LogP contribution in [0.5, 0.6) is 0 Å². The van der Waals surface area contributed by atoms with Gasteiger partial charge in [0.1, 0.15) is 0 Å². The van der Waals surface area contributed by atoms with Crippen molar-refractivity contribution in [1.82, 2.24) is 18.7 Å². The van der Waals surface area contributed by atoms with Gasteiger partial charge in [-0.05, 0) is 26.1 Å². The van der Waals surface area contributed by atoms with Crippen LogP contribution in [0.1, 0.15) is 28.9 Å². The number of nitrogens with zero attached hydrogens (tertiary/aromatic N) is 4. The van der Waals surface area contributed by atoms with Crippen LogP contribution in [0.25, 0.3) is 11.2 Å². The Kier molecular flexibility index (Phi) is 3.32. The van der Waals surface area contributed by atoms with Gasteiger partial charge in [-0.1, -0.05) is 0 Å². The van der Waals surface area contributed by atoms with Gasteiger partial charge in [-0.15, -0.1) is 0 Å². The van der Waals surface area contributed by atoms with Crippen LogP contribution in [0.3, 0.4) is 0 Å². The van der Waals surface area contributed by atoms with E-state index in [1.54, 1.807) is 7.05 Å². The number of aromatic nitrogens is 4. The summed E-state index contributed by atoms with van der Waals surface area (Å²) in [4.78, 5) is 28.6. The molecule has 2 rings (SSSR count). The van der Waals surface area contributed by atoms with Gasteiger partial charge in [0.25, 0.3) is 5.56 Å². The quantitative estimate of drug-likeness (QED) is 0.821. The Bertz CT molecular complexity index is 807. The summed E-state index contributed by atoms with van der Waals surface area (Å²) in [5.74, 6) is 0. The maximum absolute atomic E-state index is 13.1. The molecule has 2 aromatic heterocycles. The normalized spacial score (nSPS) is 15.2. The van der Waals surface area contributed by atoms with Crippen LogP contribution < -0.4 is 11.2 Å². The number of alkyl halides is 1. The van der Waals surface area contributed by atoms with Crippen molar-refractivity contribution >= 4 is 11.2 Å². The third kappa shape index (κ3) is 2.52. The van der Waals surface area contributed by atoms with E-state index in [1.807, 2.05) is 0 Å². The van der Waals surface area contributed by atoms with Crippen LogP contribution in [-0.2, 0) is 20.6 Å². The molecule has 2 heterocycles. The van der Waals surface area contributed by atoms with E-state index in [4.69, 9.17) is 2.74 Å². The lowest BCUT2D eigenvalue weighted by Crippen LogP contribution is -2.39. The highest BCUT2D eigenvalue weighted by molar-refractivity contribution is 5.69. The smallest absolute Gasteiger partial charge is 0.328 e. The molecule has 0 fully saturated rings. The van der Waals surface area contributed by atoms with Crippen molar-refractivity contribution in [2.75, 3.05) is 0 Å². The summed E-state index contributed by atoms with van der Waals surface area (Å²) >= 11 is 0. The Labute approximate surface area is 118 Å². The largest absolute Gasteiger partial charge is 0.332 e. The zero-order valence-corrected chi connectivity index (χ0v) is 11.8. The molecule has 0 aromatic carbocycles. The highest BCUT2D eigenvalue weighted by Gasteiger charge is 2.14. The monoisotopic (exact) mass is 284 g/mol. The Morgan fingerprint density at radius 3 is 2.75 bits per heavy atom. The van der Waals surface area contributed by atoms with E-state index in [2.05, 4.69) is 4.98 Å². The fourth-order valence-electron chi connectivity index (χ4n) is 2.13. The molecule has 0 aliphatic heterocycles. The number of halogens is 1. The van der Waals surface area contributed by atoms with Crippen molar-refractivity contribution in [1.29, 1.82) is 0 Å². The highest BCUT2D eigenvalue weighted by atomic mass is 19.1. The molecule has 0 saturated heterocycles.